The first-order valence-electron chi connectivity index (χ1n) is 2.85. The molecule has 0 unspecified atom stereocenters. The normalized spacial score (nSPS) is 16.3. The highest BCUT2D eigenvalue weighted by Gasteiger charge is 2.15. The van der Waals surface area contributed by atoms with E-state index >= 15 is 0 Å². The molecule has 0 aliphatic rings. The van der Waals surface area contributed by atoms with Crippen LogP contribution in [0.2, 0.25) is 0 Å². The summed E-state index contributed by atoms with van der Waals surface area (Å²) in [6.45, 7) is -0.457. The third kappa shape index (κ3) is 3.39. The number of carboxylic acid groups (broad SMARTS) is 1. The van der Waals surface area contributed by atoms with Crippen molar-refractivity contribution in [2.45, 2.75) is 18.6 Å². The number of carboxylic acids is 1. The molecular weight excluding hydrogens is 138 g/mol. The molecule has 0 rings (SSSR count). The van der Waals surface area contributed by atoms with Crippen LogP contribution in [0.25, 0.3) is 0 Å². The molecule has 0 amide bonds. The van der Waals surface area contributed by atoms with Crippen molar-refractivity contribution in [3.63, 3.8) is 0 Å². The SMILES string of the molecule is N[C@@H](C[C@@H](O)CO)C(=O)O. The molecule has 5 heteroatoms. The van der Waals surface area contributed by atoms with E-state index in [2.05, 4.69) is 0 Å². The smallest absolute Gasteiger partial charge is 0.320 e. The van der Waals surface area contributed by atoms with Crippen molar-refractivity contribution in [1.82, 2.24) is 0 Å². The van der Waals surface area contributed by atoms with E-state index in [1.165, 1.54) is 0 Å². The average Bonchev–Trinajstić information content (AvgIpc) is 1.87. The lowest BCUT2D eigenvalue weighted by Crippen LogP contribution is -2.35. The van der Waals surface area contributed by atoms with Crippen LogP contribution in [-0.4, -0.2) is 40.0 Å². The van der Waals surface area contributed by atoms with Crippen molar-refractivity contribution < 1.29 is 20.1 Å². The van der Waals surface area contributed by atoms with E-state index in [1.807, 2.05) is 0 Å². The molecule has 0 aliphatic heterocycles. The first-order valence-corrected chi connectivity index (χ1v) is 2.85. The Morgan fingerprint density at radius 3 is 2.40 bits per heavy atom. The number of rotatable bonds is 4. The Hall–Kier alpha value is -0.650. The fraction of sp³-hybridized carbons (Fsp3) is 0.800. The summed E-state index contributed by atoms with van der Waals surface area (Å²) in [7, 11) is 0. The first-order chi connectivity index (χ1) is 4.57. The molecule has 0 fully saturated rings. The van der Waals surface area contributed by atoms with E-state index in [1.54, 1.807) is 0 Å². The van der Waals surface area contributed by atoms with Gasteiger partial charge in [0.1, 0.15) is 6.04 Å². The first kappa shape index (κ1) is 9.35. The monoisotopic (exact) mass is 149 g/mol. The number of aliphatic hydroxyl groups excluding tert-OH is 2. The van der Waals surface area contributed by atoms with Gasteiger partial charge in [-0.2, -0.15) is 0 Å². The number of aliphatic carboxylic acids is 1. The molecule has 0 aromatic rings. The lowest BCUT2D eigenvalue weighted by molar-refractivity contribution is -0.139. The number of hydrogen-bond donors (Lipinski definition) is 4. The van der Waals surface area contributed by atoms with E-state index in [4.69, 9.17) is 21.1 Å². The van der Waals surface area contributed by atoms with E-state index < -0.39 is 24.7 Å². The second-order valence-electron chi connectivity index (χ2n) is 2.02. The minimum atomic E-state index is -1.17. The molecule has 0 saturated heterocycles. The van der Waals surface area contributed by atoms with Crippen LogP contribution < -0.4 is 5.73 Å². The van der Waals surface area contributed by atoms with Gasteiger partial charge in [0.25, 0.3) is 0 Å². The molecule has 0 spiro atoms. The maximum absolute atomic E-state index is 10.0. The van der Waals surface area contributed by atoms with Crippen molar-refractivity contribution >= 4 is 5.97 Å². The van der Waals surface area contributed by atoms with E-state index in [9.17, 15) is 4.79 Å². The van der Waals surface area contributed by atoms with Crippen LogP contribution in [0.15, 0.2) is 0 Å². The van der Waals surface area contributed by atoms with Crippen molar-refractivity contribution in [3.05, 3.63) is 0 Å². The van der Waals surface area contributed by atoms with Crippen molar-refractivity contribution in [3.8, 4) is 0 Å². The second kappa shape index (κ2) is 4.21. The predicted octanol–water partition coefficient (Wildman–Crippen LogP) is -1.86. The van der Waals surface area contributed by atoms with Gasteiger partial charge in [-0.25, -0.2) is 0 Å². The van der Waals surface area contributed by atoms with Gasteiger partial charge >= 0.3 is 5.97 Å². The zero-order valence-corrected chi connectivity index (χ0v) is 5.40. The van der Waals surface area contributed by atoms with Crippen molar-refractivity contribution in [2.24, 2.45) is 5.73 Å². The summed E-state index contributed by atoms with van der Waals surface area (Å²) in [4.78, 5) is 10.0. The van der Waals surface area contributed by atoms with Crippen molar-refractivity contribution in [2.75, 3.05) is 6.61 Å². The molecule has 10 heavy (non-hydrogen) atoms. The highest BCUT2D eigenvalue weighted by molar-refractivity contribution is 5.73. The molecule has 60 valence electrons. The Balaban J connectivity index is 3.56. The van der Waals surface area contributed by atoms with E-state index in [0.717, 1.165) is 0 Å². The van der Waals surface area contributed by atoms with E-state index in [0.29, 0.717) is 0 Å². The molecular formula is C5H11NO4. The third-order valence-electron chi connectivity index (χ3n) is 1.05. The standard InChI is InChI=1S/C5H11NO4/c6-4(5(9)10)1-3(8)2-7/h3-4,7-8H,1-2,6H2,(H,9,10)/t3-,4+/m1/s1. The summed E-state index contributed by atoms with van der Waals surface area (Å²) < 4.78 is 0. The molecule has 5 N–H and O–H groups in total. The summed E-state index contributed by atoms with van der Waals surface area (Å²) in [6.07, 6.45) is -1.16. The molecule has 5 nitrogen and oxygen atoms in total. The minimum Gasteiger partial charge on any atom is -0.480 e. The van der Waals surface area contributed by atoms with Crippen LogP contribution in [0.3, 0.4) is 0 Å². The fourth-order valence-electron chi connectivity index (χ4n) is 0.468. The molecule has 0 aromatic carbocycles. The second-order valence-corrected chi connectivity index (χ2v) is 2.02. The zero-order chi connectivity index (χ0) is 8.15. The molecule has 0 aliphatic carbocycles. The molecule has 0 aromatic heterocycles. The Morgan fingerprint density at radius 1 is 1.60 bits per heavy atom. The van der Waals surface area contributed by atoms with Crippen LogP contribution in [-0.2, 0) is 4.79 Å². The predicted molar refractivity (Wildman–Crippen MR) is 33.3 cm³/mol. The number of carbonyl (C=O) groups is 1. The largest absolute Gasteiger partial charge is 0.480 e. The Morgan fingerprint density at radius 2 is 2.10 bits per heavy atom. The van der Waals surface area contributed by atoms with Crippen LogP contribution in [0.5, 0.6) is 0 Å². The Kier molecular flexibility index (Phi) is 3.94. The van der Waals surface area contributed by atoms with Gasteiger partial charge < -0.3 is 21.1 Å². The minimum absolute atomic E-state index is 0.119. The Labute approximate surface area is 58.1 Å². The number of nitrogens with two attached hydrogens (primary N) is 1. The average molecular weight is 149 g/mol. The van der Waals surface area contributed by atoms with E-state index in [-0.39, 0.29) is 6.42 Å². The van der Waals surface area contributed by atoms with Gasteiger partial charge in [-0.1, -0.05) is 0 Å². The summed E-state index contributed by atoms with van der Waals surface area (Å²) in [5, 5.41) is 25.2. The number of aliphatic hydroxyl groups is 2. The van der Waals surface area contributed by atoms with Crippen LogP contribution >= 0.6 is 0 Å². The topological polar surface area (TPSA) is 104 Å². The highest BCUT2D eigenvalue weighted by atomic mass is 16.4. The lowest BCUT2D eigenvalue weighted by Gasteiger charge is -2.09. The molecule has 0 heterocycles. The zero-order valence-electron chi connectivity index (χ0n) is 5.40. The Bertz CT molecular complexity index is 116. The highest BCUT2D eigenvalue weighted by Crippen LogP contribution is 1.94. The molecule has 0 radical (unpaired) electrons. The lowest BCUT2D eigenvalue weighted by atomic mass is 10.1. The van der Waals surface area contributed by atoms with Gasteiger partial charge in [0, 0.05) is 6.42 Å². The van der Waals surface area contributed by atoms with Crippen molar-refractivity contribution in [1.29, 1.82) is 0 Å². The third-order valence-corrected chi connectivity index (χ3v) is 1.05. The summed E-state index contributed by atoms with van der Waals surface area (Å²) >= 11 is 0. The van der Waals surface area contributed by atoms with Gasteiger partial charge in [-0.05, 0) is 0 Å². The summed E-state index contributed by atoms with van der Waals surface area (Å²) in [6, 6.07) is -1.10. The molecule has 2 atom stereocenters. The van der Waals surface area contributed by atoms with Gasteiger partial charge in [0.2, 0.25) is 0 Å². The summed E-state index contributed by atoms with van der Waals surface area (Å²) in [5.74, 6) is -1.17. The van der Waals surface area contributed by atoms with Gasteiger partial charge in [0.15, 0.2) is 0 Å². The quantitative estimate of drug-likeness (QED) is 0.375. The molecule has 0 bridgehead atoms. The van der Waals surface area contributed by atoms with Gasteiger partial charge in [0.05, 0.1) is 12.7 Å². The van der Waals surface area contributed by atoms with Crippen LogP contribution in [0.4, 0.5) is 0 Å². The van der Waals surface area contributed by atoms with Gasteiger partial charge in [-0.3, -0.25) is 4.79 Å². The summed E-state index contributed by atoms with van der Waals surface area (Å²) in [5.41, 5.74) is 5.02. The number of hydrogen-bond acceptors (Lipinski definition) is 4. The van der Waals surface area contributed by atoms with Crippen LogP contribution in [0.1, 0.15) is 6.42 Å². The maximum Gasteiger partial charge on any atom is 0.320 e. The maximum atomic E-state index is 10.0. The fourth-order valence-corrected chi connectivity index (χ4v) is 0.468. The van der Waals surface area contributed by atoms with Gasteiger partial charge in [-0.15, -0.1) is 0 Å². The molecule has 0 saturated carbocycles. The van der Waals surface area contributed by atoms with Crippen LogP contribution in [0, 0.1) is 0 Å².